The Kier molecular flexibility index (Phi) is 11.9. The summed E-state index contributed by atoms with van der Waals surface area (Å²) < 4.78 is 44.8. The first-order chi connectivity index (χ1) is 41.1. The molecule has 0 aliphatic carbocycles. The molecule has 14 rings (SSSR count). The van der Waals surface area contributed by atoms with Gasteiger partial charge >= 0.3 is 0 Å². The number of rotatable bonds is 8. The molecule has 0 bridgehead atoms. The van der Waals surface area contributed by atoms with Crippen molar-refractivity contribution in [1.29, 1.82) is 0 Å². The zero-order valence-corrected chi connectivity index (χ0v) is 44.1. The Morgan fingerprint density at radius 2 is 0.776 bits per heavy atom. The van der Waals surface area contributed by atoms with E-state index in [2.05, 4.69) is 270 Å². The van der Waals surface area contributed by atoms with Crippen LogP contribution in [-0.2, 0) is 20.1 Å². The van der Waals surface area contributed by atoms with Gasteiger partial charge in [0.25, 0.3) is 0 Å². The number of aromatic nitrogens is 4. The van der Waals surface area contributed by atoms with Crippen molar-refractivity contribution >= 4 is 43.6 Å². The van der Waals surface area contributed by atoms with Gasteiger partial charge in [-0.1, -0.05) is 183 Å². The summed E-state index contributed by atoms with van der Waals surface area (Å²) in [5.41, 5.74) is 21.2. The van der Waals surface area contributed by atoms with Crippen molar-refractivity contribution in [1.82, 2.24) is 19.1 Å². The Hall–Kier alpha value is -9.25. The van der Waals surface area contributed by atoms with Crippen LogP contribution in [0, 0.1) is 13.0 Å². The molecule has 0 N–H and O–H groups in total. The van der Waals surface area contributed by atoms with Gasteiger partial charge in [-0.05, 0) is 118 Å². The SMILES string of the molecule is Cc1c[c-]c(-c2ccccn2)cc1.[2HH].[2H][2H].[3H][3H].[3H][3H].[3H][3H].[Ir].c1ccc(-c2cc(-c3cccc(-c4cccc(-n5c6ccccc6c6ccccc65)c4)c3)nc(-c3cccc(-c4cccc(-n5c6ccccc6c6ccccc65)c4)c3)c2)cc1. The van der Waals surface area contributed by atoms with Gasteiger partial charge in [-0.3, -0.25) is 0 Å². The minimum Gasteiger partial charge on any atom is -0.309 e. The second kappa shape index (κ2) is 20.9. The molecular weight excluding hydrogens is 1100 g/mol. The minimum atomic E-state index is 0. The first kappa shape index (κ1) is 43.2. The number of para-hydroxylation sites is 4. The van der Waals surface area contributed by atoms with Crippen molar-refractivity contribution in [3.05, 3.63) is 291 Å². The van der Waals surface area contributed by atoms with Crippen LogP contribution in [0.5, 0.6) is 0 Å². The van der Waals surface area contributed by atoms with Gasteiger partial charge in [0.15, 0.2) is 0 Å². The fourth-order valence-corrected chi connectivity index (χ4v) is 10.6. The van der Waals surface area contributed by atoms with E-state index in [0.29, 0.717) is 0 Å². The van der Waals surface area contributed by atoms with E-state index in [1.165, 1.54) is 49.2 Å². The van der Waals surface area contributed by atoms with Crippen molar-refractivity contribution in [2.45, 2.75) is 6.92 Å². The van der Waals surface area contributed by atoms with E-state index in [1.807, 2.05) is 30.3 Å². The van der Waals surface area contributed by atoms with E-state index in [0.717, 1.165) is 78.5 Å². The summed E-state index contributed by atoms with van der Waals surface area (Å²) in [4.78, 5) is 9.66. The Labute approximate surface area is 470 Å². The molecule has 0 aliphatic heterocycles. The summed E-state index contributed by atoms with van der Waals surface area (Å²) in [7, 11) is 0. The van der Waals surface area contributed by atoms with Gasteiger partial charge in [0, 0.05) is 83.7 Å². The number of hydrogen-bond acceptors (Lipinski definition) is 2. The zero-order chi connectivity index (χ0) is 58.1. The van der Waals surface area contributed by atoms with E-state index < -0.39 is 0 Å². The maximum Gasteiger partial charge on any atom is 0.0715 e. The summed E-state index contributed by atoms with van der Waals surface area (Å²) in [6.07, 6.45) is 1.79. The molecule has 0 saturated carbocycles. The largest absolute Gasteiger partial charge is 0.309 e. The zero-order valence-electron chi connectivity index (χ0n) is 49.7. The Morgan fingerprint density at radius 3 is 1.22 bits per heavy atom. The third-order valence-corrected chi connectivity index (χ3v) is 14.2. The maximum absolute atomic E-state index is 5.41. The maximum atomic E-state index is 5.41. The molecule has 373 valence electrons. The molecule has 10 aromatic carbocycles. The van der Waals surface area contributed by atoms with Crippen LogP contribution in [-0.4, -0.2) is 19.1 Å². The van der Waals surface area contributed by atoms with Crippen molar-refractivity contribution in [2.75, 3.05) is 0 Å². The van der Waals surface area contributed by atoms with Crippen molar-refractivity contribution in [2.24, 2.45) is 0 Å². The van der Waals surface area contributed by atoms with Crippen molar-refractivity contribution < 1.29 is 33.4 Å². The number of fused-ring (bicyclic) bond motifs is 6. The average molecular weight is 1180 g/mol. The number of nitrogens with zero attached hydrogens (tertiary/aromatic N) is 4. The van der Waals surface area contributed by atoms with Crippen LogP contribution in [0.3, 0.4) is 0 Å². The molecule has 14 aromatic rings. The molecule has 4 nitrogen and oxygen atoms in total. The van der Waals surface area contributed by atoms with Gasteiger partial charge < -0.3 is 14.1 Å². The fraction of sp³-hybridized carbons (Fsp3) is 0.0141. The molecule has 4 aromatic heterocycles. The first-order valence-corrected chi connectivity index (χ1v) is 25.5. The van der Waals surface area contributed by atoms with E-state index in [4.69, 9.17) is 16.9 Å². The number of pyridine rings is 2. The molecule has 0 saturated heterocycles. The number of hydrogen-bond donors (Lipinski definition) is 0. The Balaban J connectivity index is 0.000000389. The summed E-state index contributed by atoms with van der Waals surface area (Å²) in [6.45, 7) is 2.05. The summed E-state index contributed by atoms with van der Waals surface area (Å²) in [6, 6.07) is 100. The second-order valence-corrected chi connectivity index (χ2v) is 19.0. The topological polar surface area (TPSA) is 35.6 Å². The molecule has 0 aliphatic rings. The molecule has 0 atom stereocenters. The monoisotopic (exact) mass is 1180 g/mol. The van der Waals surface area contributed by atoms with Gasteiger partial charge in [-0.15, -0.1) is 35.4 Å². The standard InChI is InChI=1S/C59H39N3.C12H10N.Ir.5H2/c1-2-16-40(17-3-1)47-38-54(45-22-12-18-41(34-45)43-20-14-24-48(36-43)61-56-30-8-4-26-50(56)51-27-5-9-31-57(51)61)60-55(39-47)46-23-13-19-42(35-46)44-21-15-25-49(37-44)62-58-32-10-6-28-52(58)53-29-7-11-33-59(53)62;1-10-5-7-11(8-6-10)12-4-2-3-9-13-12;;;;;;/h1-39H;2-7,9H,1H3;;5*1H/q;-1;;;;;;/i;;;3*1+2T;1+1D;1+1. The van der Waals surface area contributed by atoms with E-state index >= 15 is 0 Å². The van der Waals surface area contributed by atoms with Gasteiger partial charge in [0.05, 0.1) is 33.5 Å². The first-order valence-electron chi connectivity index (χ1n) is 29.5. The van der Waals surface area contributed by atoms with Crippen LogP contribution in [0.25, 0.3) is 122 Å². The quantitative estimate of drug-likeness (QED) is 0.142. The van der Waals surface area contributed by atoms with E-state index in [-0.39, 0.29) is 21.5 Å². The van der Waals surface area contributed by atoms with Crippen molar-refractivity contribution in [3.63, 3.8) is 0 Å². The minimum absolute atomic E-state index is 0. The molecule has 76 heavy (non-hydrogen) atoms. The number of aryl methyl sites for hydroxylation is 1. The van der Waals surface area contributed by atoms with Gasteiger partial charge in [0.2, 0.25) is 0 Å². The number of benzene rings is 10. The molecule has 0 spiro atoms. The smallest absolute Gasteiger partial charge is 0.0715 e. The molecule has 0 amide bonds. The normalized spacial score (nSPS) is 11.5. The van der Waals surface area contributed by atoms with Crippen LogP contribution in [0.2, 0.25) is 0 Å². The Morgan fingerprint density at radius 1 is 0.368 bits per heavy atom. The predicted octanol–water partition coefficient (Wildman–Crippen LogP) is 19.7. The molecule has 0 unspecified atom stereocenters. The van der Waals surface area contributed by atoms with Gasteiger partial charge in [-0.2, -0.15) is 0 Å². The predicted molar refractivity (Wildman–Crippen MR) is 324 cm³/mol. The average Bonchev–Trinajstić information content (AvgIpc) is 2.12. The van der Waals surface area contributed by atoms with Crippen LogP contribution in [0.4, 0.5) is 0 Å². The Bertz CT molecular complexity index is 4080. The van der Waals surface area contributed by atoms with Gasteiger partial charge in [-0.25, -0.2) is 4.98 Å². The summed E-state index contributed by atoms with van der Waals surface area (Å²) in [5.74, 6) is 0. The van der Waals surface area contributed by atoms with Crippen LogP contribution >= 0.6 is 0 Å². The van der Waals surface area contributed by atoms with E-state index in [9.17, 15) is 0 Å². The summed E-state index contributed by atoms with van der Waals surface area (Å²) >= 11 is 0. The molecule has 5 heteroatoms. The van der Waals surface area contributed by atoms with E-state index in [1.54, 1.807) is 6.20 Å². The van der Waals surface area contributed by atoms with Crippen molar-refractivity contribution in [3.8, 4) is 78.5 Å². The molecule has 1 radical (unpaired) electrons. The summed E-state index contributed by atoms with van der Waals surface area (Å²) in [5, 5.41) is 5.03. The van der Waals surface area contributed by atoms with Crippen LogP contribution in [0.15, 0.2) is 279 Å². The fourth-order valence-electron chi connectivity index (χ4n) is 10.6. The third-order valence-electron chi connectivity index (χ3n) is 14.2. The molecular formula is C71H59IrN4-. The second-order valence-electron chi connectivity index (χ2n) is 19.0. The molecule has 0 fully saturated rings. The molecule has 4 heterocycles. The third kappa shape index (κ3) is 9.24. The van der Waals surface area contributed by atoms with Crippen LogP contribution in [0.1, 0.15) is 18.9 Å². The van der Waals surface area contributed by atoms with Crippen LogP contribution < -0.4 is 0 Å². The van der Waals surface area contributed by atoms with Gasteiger partial charge in [0.1, 0.15) is 0 Å².